The highest BCUT2D eigenvalue weighted by Gasteiger charge is 2.30. The first-order valence-corrected chi connectivity index (χ1v) is 13.3. The number of hydrogen-bond acceptors (Lipinski definition) is 3. The minimum Gasteiger partial charge on any atom is -0.337 e. The van der Waals surface area contributed by atoms with E-state index in [1.54, 1.807) is 6.20 Å². The highest BCUT2D eigenvalue weighted by molar-refractivity contribution is 7.80. The first-order chi connectivity index (χ1) is 18.6. The lowest BCUT2D eigenvalue weighted by Gasteiger charge is -2.14. The molecule has 0 aliphatic heterocycles. The summed E-state index contributed by atoms with van der Waals surface area (Å²) in [5.41, 5.74) is 4.74. The number of aromatic nitrogens is 2. The van der Waals surface area contributed by atoms with Crippen molar-refractivity contribution in [2.45, 2.75) is 60.6 Å². The standard InChI is InChI=1S/C26H23F3N4OS.2C2H6/c1-15-6-9-22(32-25(35)31-21-5-3-4-20(13-21)26(27,28)29)11-18(15)8-7-17-10-19-12-23(16(2)34)33-24(19)30-14-17;2*1-2/h3-6,9-14H,7-8H2,1-2H3,(H,30,33)(H2,31,32,35);2*1-2H3. The van der Waals surface area contributed by atoms with E-state index in [9.17, 15) is 18.0 Å². The Hall–Kier alpha value is -3.72. The fourth-order valence-electron chi connectivity index (χ4n) is 3.75. The molecule has 39 heavy (non-hydrogen) atoms. The van der Waals surface area contributed by atoms with E-state index < -0.39 is 11.7 Å². The van der Waals surface area contributed by atoms with Crippen molar-refractivity contribution in [2.75, 3.05) is 10.6 Å². The van der Waals surface area contributed by atoms with Gasteiger partial charge in [-0.15, -0.1) is 0 Å². The molecular weight excluding hydrogens is 521 g/mol. The molecule has 4 aromatic rings. The Kier molecular flexibility index (Phi) is 11.7. The van der Waals surface area contributed by atoms with Crippen LogP contribution in [0.25, 0.3) is 11.0 Å². The lowest BCUT2D eigenvalue weighted by atomic mass is 10.0. The minimum absolute atomic E-state index is 0.0371. The molecule has 4 rings (SSSR count). The van der Waals surface area contributed by atoms with Gasteiger partial charge < -0.3 is 15.6 Å². The van der Waals surface area contributed by atoms with Gasteiger partial charge >= 0.3 is 6.18 Å². The van der Waals surface area contributed by atoms with Crippen molar-refractivity contribution in [2.24, 2.45) is 0 Å². The van der Waals surface area contributed by atoms with Crippen LogP contribution >= 0.6 is 12.2 Å². The maximum atomic E-state index is 12.9. The van der Waals surface area contributed by atoms with Crippen LogP contribution in [-0.2, 0) is 19.0 Å². The zero-order valence-corrected chi connectivity index (χ0v) is 23.9. The lowest BCUT2D eigenvalue weighted by molar-refractivity contribution is -0.137. The van der Waals surface area contributed by atoms with Gasteiger partial charge in [-0.25, -0.2) is 4.98 Å². The number of halogens is 3. The average molecular weight is 557 g/mol. The van der Waals surface area contributed by atoms with E-state index in [0.29, 0.717) is 11.3 Å². The molecule has 0 saturated carbocycles. The van der Waals surface area contributed by atoms with E-state index >= 15 is 0 Å². The average Bonchev–Trinajstić information content (AvgIpc) is 3.35. The van der Waals surface area contributed by atoms with Crippen molar-refractivity contribution < 1.29 is 18.0 Å². The van der Waals surface area contributed by atoms with E-state index in [2.05, 4.69) is 20.6 Å². The molecule has 5 nitrogen and oxygen atoms in total. The Morgan fingerprint density at radius 2 is 1.62 bits per heavy atom. The van der Waals surface area contributed by atoms with Crippen LogP contribution in [0.15, 0.2) is 60.8 Å². The molecule has 9 heteroatoms. The molecular formula is C30H35F3N4OS. The van der Waals surface area contributed by atoms with Gasteiger partial charge in [0.05, 0.1) is 11.3 Å². The second-order valence-electron chi connectivity index (χ2n) is 8.32. The number of ketones is 1. The number of alkyl halides is 3. The van der Waals surface area contributed by atoms with Gasteiger partial charge in [-0.3, -0.25) is 4.79 Å². The molecule has 2 aromatic carbocycles. The minimum atomic E-state index is -4.42. The van der Waals surface area contributed by atoms with Crippen LogP contribution in [0.1, 0.15) is 67.4 Å². The molecule has 0 aliphatic carbocycles. The quantitative estimate of drug-likeness (QED) is 0.164. The van der Waals surface area contributed by atoms with Gasteiger partial charge in [0.15, 0.2) is 10.9 Å². The molecule has 208 valence electrons. The fourth-order valence-corrected chi connectivity index (χ4v) is 3.99. The second-order valence-corrected chi connectivity index (χ2v) is 8.73. The first-order valence-electron chi connectivity index (χ1n) is 12.9. The number of H-pyrrole nitrogens is 1. The summed E-state index contributed by atoms with van der Waals surface area (Å²) in [5.74, 6) is -0.0371. The molecule has 0 atom stereocenters. The number of hydrogen-bond donors (Lipinski definition) is 3. The second kappa shape index (κ2) is 14.4. The summed E-state index contributed by atoms with van der Waals surface area (Å²) < 4.78 is 38.8. The van der Waals surface area contributed by atoms with E-state index in [1.807, 2.05) is 65.0 Å². The van der Waals surface area contributed by atoms with E-state index in [-0.39, 0.29) is 16.6 Å². The van der Waals surface area contributed by atoms with Crippen LogP contribution in [0.5, 0.6) is 0 Å². The molecule has 0 amide bonds. The maximum Gasteiger partial charge on any atom is 0.416 e. The Morgan fingerprint density at radius 1 is 0.949 bits per heavy atom. The van der Waals surface area contributed by atoms with E-state index in [4.69, 9.17) is 12.2 Å². The molecule has 0 bridgehead atoms. The largest absolute Gasteiger partial charge is 0.416 e. The number of rotatable bonds is 6. The van der Waals surface area contributed by atoms with Gasteiger partial charge in [0.2, 0.25) is 0 Å². The van der Waals surface area contributed by atoms with Gasteiger partial charge in [-0.1, -0.05) is 39.8 Å². The fraction of sp³-hybridized carbons (Fsp3) is 0.300. The normalized spacial score (nSPS) is 10.6. The highest BCUT2D eigenvalue weighted by atomic mass is 32.1. The summed E-state index contributed by atoms with van der Waals surface area (Å²) in [5, 5.41) is 6.94. The van der Waals surface area contributed by atoms with E-state index in [1.165, 1.54) is 19.1 Å². The van der Waals surface area contributed by atoms with Crippen molar-refractivity contribution in [1.29, 1.82) is 0 Å². The van der Waals surface area contributed by atoms with Crippen LogP contribution < -0.4 is 10.6 Å². The van der Waals surface area contributed by atoms with Crippen molar-refractivity contribution in [3.05, 3.63) is 88.7 Å². The molecule has 2 heterocycles. The summed E-state index contributed by atoms with van der Waals surface area (Å²) in [6.07, 6.45) is -1.11. The molecule has 2 aromatic heterocycles. The van der Waals surface area contributed by atoms with Gasteiger partial charge in [-0.05, 0) is 91.1 Å². The monoisotopic (exact) mass is 556 g/mol. The zero-order chi connectivity index (χ0) is 29.2. The summed E-state index contributed by atoms with van der Waals surface area (Å²) in [6, 6.07) is 14.5. The van der Waals surface area contributed by atoms with E-state index in [0.717, 1.165) is 52.7 Å². The Morgan fingerprint density at radius 3 is 2.26 bits per heavy atom. The number of aromatic amines is 1. The number of anilines is 2. The summed E-state index contributed by atoms with van der Waals surface area (Å²) in [6.45, 7) is 11.5. The third-order valence-electron chi connectivity index (χ3n) is 5.64. The number of fused-ring (bicyclic) bond motifs is 1. The van der Waals surface area contributed by atoms with Gasteiger partial charge in [0, 0.05) is 29.9 Å². The lowest BCUT2D eigenvalue weighted by Crippen LogP contribution is -2.19. The van der Waals surface area contributed by atoms with Crippen molar-refractivity contribution in [3.63, 3.8) is 0 Å². The maximum absolute atomic E-state index is 12.9. The van der Waals surface area contributed by atoms with Crippen LogP contribution in [-0.4, -0.2) is 20.9 Å². The number of carbonyl (C=O) groups excluding carboxylic acids is 1. The third kappa shape index (κ3) is 8.92. The number of pyridine rings is 1. The number of aryl methyl sites for hydroxylation is 3. The SMILES string of the molecule is CC.CC.CC(=O)c1cc2cc(CCc3cc(NC(=S)Nc4cccc(C(F)(F)F)c4)ccc3C)cnc2[nH]1. The Labute approximate surface area is 233 Å². The number of nitrogens with zero attached hydrogens (tertiary/aromatic N) is 1. The third-order valence-corrected chi connectivity index (χ3v) is 5.85. The van der Waals surface area contributed by atoms with Crippen LogP contribution in [0.3, 0.4) is 0 Å². The zero-order valence-electron chi connectivity index (χ0n) is 23.1. The highest BCUT2D eigenvalue weighted by Crippen LogP contribution is 2.30. The first kappa shape index (κ1) is 31.5. The molecule has 0 unspecified atom stereocenters. The van der Waals surface area contributed by atoms with Gasteiger partial charge in [0.25, 0.3) is 0 Å². The number of benzene rings is 2. The molecule has 0 radical (unpaired) electrons. The molecule has 0 fully saturated rings. The summed E-state index contributed by atoms with van der Waals surface area (Å²) in [7, 11) is 0. The predicted molar refractivity (Wildman–Crippen MR) is 159 cm³/mol. The molecule has 0 spiro atoms. The Bertz CT molecular complexity index is 1410. The summed E-state index contributed by atoms with van der Waals surface area (Å²) >= 11 is 5.30. The smallest absolute Gasteiger partial charge is 0.337 e. The topological polar surface area (TPSA) is 69.8 Å². The molecule has 0 saturated heterocycles. The van der Waals surface area contributed by atoms with Crippen molar-refractivity contribution in [1.82, 2.24) is 9.97 Å². The van der Waals surface area contributed by atoms with Gasteiger partial charge in [-0.2, -0.15) is 13.2 Å². The number of thiocarbonyl (C=S) groups is 1. The van der Waals surface area contributed by atoms with Crippen LogP contribution in [0.2, 0.25) is 0 Å². The molecule has 0 aliphatic rings. The van der Waals surface area contributed by atoms with Crippen LogP contribution in [0, 0.1) is 6.92 Å². The summed E-state index contributed by atoms with van der Waals surface area (Å²) in [4.78, 5) is 19.0. The Balaban J connectivity index is 0.00000127. The number of Topliss-reactive ketones (excluding diaryl/α,β-unsaturated/α-hetero) is 1. The van der Waals surface area contributed by atoms with Crippen molar-refractivity contribution >= 4 is 45.5 Å². The number of nitrogens with one attached hydrogen (secondary N) is 3. The molecule has 3 N–H and O–H groups in total. The van der Waals surface area contributed by atoms with Gasteiger partial charge in [0.1, 0.15) is 5.65 Å². The van der Waals surface area contributed by atoms with Crippen LogP contribution in [0.4, 0.5) is 24.5 Å². The predicted octanol–water partition coefficient (Wildman–Crippen LogP) is 8.74. The number of carbonyl (C=O) groups is 1. The van der Waals surface area contributed by atoms with Crippen molar-refractivity contribution in [3.8, 4) is 0 Å².